The van der Waals surface area contributed by atoms with Crippen LogP contribution in [0.5, 0.6) is 0 Å². The molecule has 0 saturated heterocycles. The van der Waals surface area contributed by atoms with Gasteiger partial charge in [0.15, 0.2) is 0 Å². The van der Waals surface area contributed by atoms with E-state index in [-0.39, 0.29) is 0 Å². The van der Waals surface area contributed by atoms with Crippen LogP contribution < -0.4 is 10.4 Å². The Morgan fingerprint density at radius 3 is 1.03 bits per heavy atom. The Hall–Kier alpha value is -2.69. The minimum atomic E-state index is -1.73. The first-order valence-corrected chi connectivity index (χ1v) is 17.6. The standard InChI is InChI=1S/C30H32Si2/c1-31(29-15-5-3-6-16-29)21-25-11-9-13-27(19-25)23-32(2,30-17-7-4-8-18-30)24-28-14-10-12-26(20-28)22-31/h3-20H,21-24H2,1-2H3. The molecule has 1 aliphatic heterocycles. The van der Waals surface area contributed by atoms with E-state index in [9.17, 15) is 0 Å². The highest BCUT2D eigenvalue weighted by Crippen LogP contribution is 2.25. The maximum atomic E-state index is 2.58. The average Bonchev–Trinajstić information content (AvgIpc) is 2.80. The molecule has 0 atom stereocenters. The first-order valence-electron chi connectivity index (χ1n) is 11.8. The predicted octanol–water partition coefficient (Wildman–Crippen LogP) is 5.70. The Kier molecular flexibility index (Phi) is 5.75. The zero-order valence-electron chi connectivity index (χ0n) is 19.2. The third-order valence-electron chi connectivity index (χ3n) is 7.30. The van der Waals surface area contributed by atoms with Gasteiger partial charge in [0.1, 0.15) is 0 Å². The van der Waals surface area contributed by atoms with E-state index in [0.29, 0.717) is 0 Å². The van der Waals surface area contributed by atoms with E-state index >= 15 is 0 Å². The molecule has 0 fully saturated rings. The van der Waals surface area contributed by atoms with Gasteiger partial charge in [-0.2, -0.15) is 0 Å². The smallest absolute Gasteiger partial charge is 0.0647 e. The monoisotopic (exact) mass is 448 g/mol. The zero-order chi connectivity index (χ0) is 22.0. The Bertz CT molecular complexity index is 1060. The van der Waals surface area contributed by atoms with Gasteiger partial charge in [-0.25, -0.2) is 0 Å². The van der Waals surface area contributed by atoms with Crippen molar-refractivity contribution in [2.45, 2.75) is 37.3 Å². The van der Waals surface area contributed by atoms with Crippen LogP contribution in [0.25, 0.3) is 0 Å². The van der Waals surface area contributed by atoms with Crippen molar-refractivity contribution in [2.75, 3.05) is 0 Å². The van der Waals surface area contributed by atoms with E-state index in [0.717, 1.165) is 0 Å². The topological polar surface area (TPSA) is 0 Å². The summed E-state index contributed by atoms with van der Waals surface area (Å²) >= 11 is 0. The lowest BCUT2D eigenvalue weighted by Gasteiger charge is -2.32. The molecular formula is C30H32Si2. The summed E-state index contributed by atoms with van der Waals surface area (Å²) in [5.74, 6) is 0. The van der Waals surface area contributed by atoms with Gasteiger partial charge >= 0.3 is 0 Å². The predicted molar refractivity (Wildman–Crippen MR) is 143 cm³/mol. The summed E-state index contributed by atoms with van der Waals surface area (Å²) in [6.07, 6.45) is 0. The van der Waals surface area contributed by atoms with Gasteiger partial charge in [0, 0.05) is 0 Å². The fourth-order valence-corrected chi connectivity index (χ4v) is 13.3. The van der Waals surface area contributed by atoms with E-state index in [4.69, 9.17) is 0 Å². The quantitative estimate of drug-likeness (QED) is 0.345. The van der Waals surface area contributed by atoms with Crippen molar-refractivity contribution in [3.05, 3.63) is 131 Å². The first kappa shape index (κ1) is 21.2. The van der Waals surface area contributed by atoms with Gasteiger partial charge in [-0.15, -0.1) is 0 Å². The normalized spacial score (nSPS) is 23.1. The third-order valence-corrected chi connectivity index (χ3v) is 15.5. The van der Waals surface area contributed by atoms with Crippen LogP contribution in [-0.2, 0) is 24.2 Å². The lowest BCUT2D eigenvalue weighted by molar-refractivity contribution is 1.16. The summed E-state index contributed by atoms with van der Waals surface area (Å²) in [5, 5.41) is 3.13. The van der Waals surface area contributed by atoms with Crippen LogP contribution in [0.15, 0.2) is 109 Å². The third kappa shape index (κ3) is 4.43. The van der Waals surface area contributed by atoms with Crippen molar-refractivity contribution < 1.29 is 0 Å². The highest BCUT2D eigenvalue weighted by Gasteiger charge is 2.33. The molecule has 0 spiro atoms. The minimum Gasteiger partial charge on any atom is -0.0647 e. The molecule has 32 heavy (non-hydrogen) atoms. The Morgan fingerprint density at radius 1 is 0.406 bits per heavy atom. The second-order valence-electron chi connectivity index (χ2n) is 10.2. The SMILES string of the molecule is C[Si]1(c2ccccc2)Cc2cccc(c2)C[Si](C)(c2ccccc2)Cc2cccc(c2)C1. The van der Waals surface area contributed by atoms with E-state index in [1.54, 1.807) is 10.4 Å². The Labute approximate surface area is 195 Å². The first-order chi connectivity index (χ1) is 15.5. The van der Waals surface area contributed by atoms with Crippen LogP contribution >= 0.6 is 0 Å². The number of rotatable bonds is 2. The number of hydrogen-bond acceptors (Lipinski definition) is 0. The van der Waals surface area contributed by atoms with E-state index in [1.165, 1.54) is 46.4 Å². The number of fused-ring (bicyclic) bond motifs is 4. The van der Waals surface area contributed by atoms with E-state index < -0.39 is 16.1 Å². The maximum absolute atomic E-state index is 2.58. The zero-order valence-corrected chi connectivity index (χ0v) is 21.2. The molecule has 0 aromatic heterocycles. The maximum Gasteiger partial charge on any atom is 0.0922 e. The van der Waals surface area contributed by atoms with Gasteiger partial charge in [-0.1, -0.05) is 155 Å². The summed E-state index contributed by atoms with van der Waals surface area (Å²) in [5.41, 5.74) is 6.06. The highest BCUT2D eigenvalue weighted by molar-refractivity contribution is 6.90. The summed E-state index contributed by atoms with van der Waals surface area (Å²) in [7, 11) is -3.46. The van der Waals surface area contributed by atoms with Gasteiger partial charge < -0.3 is 0 Å². The van der Waals surface area contributed by atoms with Crippen LogP contribution in [0.4, 0.5) is 0 Å². The molecule has 2 heteroatoms. The van der Waals surface area contributed by atoms with Crippen molar-refractivity contribution in [1.29, 1.82) is 0 Å². The molecule has 0 saturated carbocycles. The fraction of sp³-hybridized carbons (Fsp3) is 0.200. The van der Waals surface area contributed by atoms with Crippen molar-refractivity contribution in [2.24, 2.45) is 0 Å². The van der Waals surface area contributed by atoms with Gasteiger partial charge in [-0.3, -0.25) is 0 Å². The van der Waals surface area contributed by atoms with E-state index in [2.05, 4.69) is 122 Å². The van der Waals surface area contributed by atoms with Crippen molar-refractivity contribution in [3.8, 4) is 0 Å². The van der Waals surface area contributed by atoms with Crippen molar-refractivity contribution >= 4 is 26.5 Å². The largest absolute Gasteiger partial charge is 0.0922 e. The van der Waals surface area contributed by atoms with Crippen molar-refractivity contribution in [1.82, 2.24) is 0 Å². The molecule has 0 unspecified atom stereocenters. The molecule has 0 aliphatic carbocycles. The van der Waals surface area contributed by atoms with E-state index in [1.807, 2.05) is 0 Å². The molecule has 1 heterocycles. The average molecular weight is 449 g/mol. The Balaban J connectivity index is 1.64. The van der Waals surface area contributed by atoms with Crippen LogP contribution in [0.3, 0.4) is 0 Å². The molecule has 5 rings (SSSR count). The molecule has 0 N–H and O–H groups in total. The minimum absolute atomic E-state index is 1.19. The summed E-state index contributed by atoms with van der Waals surface area (Å²) in [6, 6.07) is 46.5. The molecule has 160 valence electrons. The van der Waals surface area contributed by atoms with Gasteiger partial charge in [0.25, 0.3) is 0 Å². The van der Waals surface area contributed by atoms with Crippen LogP contribution in [0.1, 0.15) is 22.3 Å². The van der Waals surface area contributed by atoms with Crippen molar-refractivity contribution in [3.63, 3.8) is 0 Å². The fourth-order valence-electron chi connectivity index (χ4n) is 5.72. The lowest BCUT2D eigenvalue weighted by Crippen LogP contribution is -2.51. The lowest BCUT2D eigenvalue weighted by atomic mass is 10.1. The number of benzene rings is 4. The summed E-state index contributed by atoms with van der Waals surface area (Å²) < 4.78 is 0. The van der Waals surface area contributed by atoms with Crippen LogP contribution in [-0.4, -0.2) is 16.1 Å². The molecule has 0 radical (unpaired) electrons. The van der Waals surface area contributed by atoms with Gasteiger partial charge in [0.05, 0.1) is 16.1 Å². The second-order valence-corrected chi connectivity index (χ2v) is 19.0. The molecule has 0 amide bonds. The van der Waals surface area contributed by atoms with Gasteiger partial charge in [0.2, 0.25) is 0 Å². The molecule has 1 aliphatic rings. The second kappa shape index (κ2) is 8.69. The summed E-state index contributed by atoms with van der Waals surface area (Å²) in [6.45, 7) is 5.16. The highest BCUT2D eigenvalue weighted by atomic mass is 28.3. The van der Waals surface area contributed by atoms with Crippen LogP contribution in [0.2, 0.25) is 13.1 Å². The van der Waals surface area contributed by atoms with Gasteiger partial charge in [-0.05, 0) is 24.2 Å². The molecule has 0 nitrogen and oxygen atoms in total. The molecule has 4 aromatic carbocycles. The summed E-state index contributed by atoms with van der Waals surface area (Å²) in [4.78, 5) is 0. The number of hydrogen-bond donors (Lipinski definition) is 0. The molecule has 4 bridgehead atoms. The molecule has 4 aromatic rings. The molecular weight excluding hydrogens is 417 g/mol. The van der Waals surface area contributed by atoms with Crippen LogP contribution in [0, 0.1) is 0 Å². The Morgan fingerprint density at radius 2 is 0.719 bits per heavy atom.